The topological polar surface area (TPSA) is 21.3 Å². The molecule has 2 rings (SSSR count). The summed E-state index contributed by atoms with van der Waals surface area (Å²) in [4.78, 5) is 0. The summed E-state index contributed by atoms with van der Waals surface area (Å²) in [5.41, 5.74) is 2.54. The second kappa shape index (κ2) is 6.39. The molecular formula is C17H21NO. The first-order valence-electron chi connectivity index (χ1n) is 6.65. The van der Waals surface area contributed by atoms with Gasteiger partial charge in [0.25, 0.3) is 0 Å². The van der Waals surface area contributed by atoms with E-state index in [0.29, 0.717) is 6.04 Å². The van der Waals surface area contributed by atoms with E-state index in [0.717, 1.165) is 5.75 Å². The molecule has 19 heavy (non-hydrogen) atoms. The fraction of sp³-hybridized carbons (Fsp3) is 0.294. The molecule has 0 heterocycles. The zero-order chi connectivity index (χ0) is 13.7. The first-order chi connectivity index (χ1) is 9.20. The Morgan fingerprint density at radius 2 is 1.47 bits per heavy atom. The van der Waals surface area contributed by atoms with Crippen molar-refractivity contribution >= 4 is 0 Å². The van der Waals surface area contributed by atoms with Gasteiger partial charge in [-0.25, -0.2) is 0 Å². The van der Waals surface area contributed by atoms with E-state index in [1.165, 1.54) is 11.1 Å². The van der Waals surface area contributed by atoms with Crippen molar-refractivity contribution in [1.29, 1.82) is 0 Å². The summed E-state index contributed by atoms with van der Waals surface area (Å²) in [7, 11) is 1.70. The monoisotopic (exact) mass is 255 g/mol. The molecule has 100 valence electrons. The van der Waals surface area contributed by atoms with Crippen molar-refractivity contribution in [2.24, 2.45) is 0 Å². The first kappa shape index (κ1) is 13.6. The van der Waals surface area contributed by atoms with Crippen LogP contribution in [0, 0.1) is 0 Å². The lowest BCUT2D eigenvalue weighted by Gasteiger charge is -2.21. The molecule has 0 spiro atoms. The van der Waals surface area contributed by atoms with Crippen LogP contribution in [0.1, 0.15) is 37.1 Å². The third-order valence-electron chi connectivity index (χ3n) is 3.39. The van der Waals surface area contributed by atoms with Crippen molar-refractivity contribution in [2.45, 2.75) is 25.9 Å². The Labute approximate surface area is 115 Å². The van der Waals surface area contributed by atoms with Crippen molar-refractivity contribution in [1.82, 2.24) is 5.32 Å². The molecule has 0 aromatic heterocycles. The fourth-order valence-electron chi connectivity index (χ4n) is 2.22. The van der Waals surface area contributed by atoms with E-state index in [-0.39, 0.29) is 6.04 Å². The maximum absolute atomic E-state index is 5.27. The molecule has 0 saturated carbocycles. The van der Waals surface area contributed by atoms with Crippen LogP contribution >= 0.6 is 0 Å². The van der Waals surface area contributed by atoms with Crippen molar-refractivity contribution in [3.8, 4) is 5.75 Å². The Bertz CT molecular complexity index is 510. The van der Waals surface area contributed by atoms with Gasteiger partial charge in [0.15, 0.2) is 0 Å². The minimum absolute atomic E-state index is 0.283. The highest BCUT2D eigenvalue weighted by atomic mass is 16.5. The smallest absolute Gasteiger partial charge is 0.119 e. The van der Waals surface area contributed by atoms with Gasteiger partial charge < -0.3 is 10.1 Å². The van der Waals surface area contributed by atoms with Crippen LogP contribution in [-0.2, 0) is 0 Å². The standard InChI is InChI=1S/C17H21NO/c1-13(15-8-5-4-6-9-15)18-14(2)16-10-7-11-17(12-16)19-3/h4-14,18H,1-3H3/t13-,14?/m1/s1. The second-order valence-electron chi connectivity index (χ2n) is 4.80. The molecule has 2 aromatic carbocycles. The van der Waals surface area contributed by atoms with E-state index >= 15 is 0 Å². The first-order valence-corrected chi connectivity index (χ1v) is 6.65. The summed E-state index contributed by atoms with van der Waals surface area (Å²) in [6.07, 6.45) is 0. The van der Waals surface area contributed by atoms with Crippen molar-refractivity contribution in [3.63, 3.8) is 0 Å². The van der Waals surface area contributed by atoms with Gasteiger partial charge >= 0.3 is 0 Å². The summed E-state index contributed by atoms with van der Waals surface area (Å²) < 4.78 is 5.27. The quantitative estimate of drug-likeness (QED) is 0.868. The van der Waals surface area contributed by atoms with Gasteiger partial charge in [0.05, 0.1) is 7.11 Å². The lowest BCUT2D eigenvalue weighted by atomic mass is 10.0. The Balaban J connectivity index is 2.06. The SMILES string of the molecule is COc1cccc(C(C)N[C@H](C)c2ccccc2)c1. The average Bonchev–Trinajstić information content (AvgIpc) is 2.48. The van der Waals surface area contributed by atoms with Crippen LogP contribution < -0.4 is 10.1 Å². The zero-order valence-electron chi connectivity index (χ0n) is 11.8. The molecule has 0 saturated heterocycles. The average molecular weight is 255 g/mol. The van der Waals surface area contributed by atoms with Crippen LogP contribution in [-0.4, -0.2) is 7.11 Å². The molecule has 2 heteroatoms. The van der Waals surface area contributed by atoms with Gasteiger partial charge in [-0.2, -0.15) is 0 Å². The highest BCUT2D eigenvalue weighted by Crippen LogP contribution is 2.22. The lowest BCUT2D eigenvalue weighted by Crippen LogP contribution is -2.22. The molecule has 0 aliphatic carbocycles. The summed E-state index contributed by atoms with van der Waals surface area (Å²) >= 11 is 0. The number of ether oxygens (including phenoxy) is 1. The lowest BCUT2D eigenvalue weighted by molar-refractivity contribution is 0.412. The number of benzene rings is 2. The predicted octanol–water partition coefficient (Wildman–Crippen LogP) is 4.11. The number of nitrogens with one attached hydrogen (secondary N) is 1. The molecule has 0 bridgehead atoms. The molecule has 0 aliphatic rings. The third kappa shape index (κ3) is 3.58. The van der Waals surface area contributed by atoms with Crippen LogP contribution in [0.2, 0.25) is 0 Å². The molecule has 0 aliphatic heterocycles. The van der Waals surface area contributed by atoms with Crippen molar-refractivity contribution in [2.75, 3.05) is 7.11 Å². The van der Waals surface area contributed by atoms with Crippen molar-refractivity contribution in [3.05, 3.63) is 65.7 Å². The minimum Gasteiger partial charge on any atom is -0.497 e. The number of hydrogen-bond donors (Lipinski definition) is 1. The molecule has 2 nitrogen and oxygen atoms in total. The van der Waals surface area contributed by atoms with Gasteiger partial charge in [0, 0.05) is 12.1 Å². The highest BCUT2D eigenvalue weighted by molar-refractivity contribution is 5.30. The Hall–Kier alpha value is -1.80. The van der Waals surface area contributed by atoms with Crippen LogP contribution in [0.4, 0.5) is 0 Å². The van der Waals surface area contributed by atoms with Gasteiger partial charge in [-0.05, 0) is 37.1 Å². The van der Waals surface area contributed by atoms with Crippen LogP contribution in [0.5, 0.6) is 5.75 Å². The van der Waals surface area contributed by atoms with Gasteiger partial charge in [-0.1, -0.05) is 42.5 Å². The Morgan fingerprint density at radius 3 is 2.16 bits per heavy atom. The minimum atomic E-state index is 0.283. The van der Waals surface area contributed by atoms with E-state index in [9.17, 15) is 0 Å². The third-order valence-corrected chi connectivity index (χ3v) is 3.39. The molecular weight excluding hydrogens is 234 g/mol. The van der Waals surface area contributed by atoms with E-state index in [4.69, 9.17) is 4.74 Å². The molecule has 1 N–H and O–H groups in total. The van der Waals surface area contributed by atoms with Gasteiger partial charge in [-0.3, -0.25) is 0 Å². The van der Waals surface area contributed by atoms with E-state index in [1.54, 1.807) is 7.11 Å². The van der Waals surface area contributed by atoms with Gasteiger partial charge in [-0.15, -0.1) is 0 Å². The Morgan fingerprint density at radius 1 is 0.842 bits per heavy atom. The molecule has 0 amide bonds. The molecule has 2 atom stereocenters. The summed E-state index contributed by atoms with van der Waals surface area (Å²) in [6, 6.07) is 19.3. The van der Waals surface area contributed by atoms with Crippen LogP contribution in [0.3, 0.4) is 0 Å². The van der Waals surface area contributed by atoms with Gasteiger partial charge in [0.2, 0.25) is 0 Å². The van der Waals surface area contributed by atoms with E-state index < -0.39 is 0 Å². The Kier molecular flexibility index (Phi) is 4.58. The molecule has 0 fully saturated rings. The normalized spacial score (nSPS) is 13.8. The van der Waals surface area contributed by atoms with Crippen LogP contribution in [0.15, 0.2) is 54.6 Å². The highest BCUT2D eigenvalue weighted by Gasteiger charge is 2.11. The maximum Gasteiger partial charge on any atom is 0.119 e. The summed E-state index contributed by atoms with van der Waals surface area (Å²) in [5, 5.41) is 3.61. The molecule has 2 aromatic rings. The number of rotatable bonds is 5. The van der Waals surface area contributed by atoms with Crippen LogP contribution in [0.25, 0.3) is 0 Å². The number of hydrogen-bond acceptors (Lipinski definition) is 2. The molecule has 1 unspecified atom stereocenters. The number of methoxy groups -OCH3 is 1. The maximum atomic E-state index is 5.27. The second-order valence-corrected chi connectivity index (χ2v) is 4.80. The summed E-state index contributed by atoms with van der Waals surface area (Å²) in [6.45, 7) is 4.36. The van der Waals surface area contributed by atoms with E-state index in [2.05, 4.69) is 55.6 Å². The van der Waals surface area contributed by atoms with Crippen molar-refractivity contribution < 1.29 is 4.74 Å². The summed E-state index contributed by atoms with van der Waals surface area (Å²) in [5.74, 6) is 0.901. The fourth-order valence-corrected chi connectivity index (χ4v) is 2.22. The van der Waals surface area contributed by atoms with Gasteiger partial charge in [0.1, 0.15) is 5.75 Å². The largest absolute Gasteiger partial charge is 0.497 e. The molecule has 0 radical (unpaired) electrons. The zero-order valence-corrected chi connectivity index (χ0v) is 11.8. The predicted molar refractivity (Wildman–Crippen MR) is 79.4 cm³/mol. The van der Waals surface area contributed by atoms with E-state index in [1.807, 2.05) is 18.2 Å².